The molecule has 3 amide bonds. The van der Waals surface area contributed by atoms with Gasteiger partial charge >= 0.3 is 12.0 Å². The van der Waals surface area contributed by atoms with Gasteiger partial charge in [-0.3, -0.25) is 14.9 Å². The summed E-state index contributed by atoms with van der Waals surface area (Å²) in [7, 11) is 1.42. The number of esters is 1. The second-order valence-electron chi connectivity index (χ2n) is 7.10. The summed E-state index contributed by atoms with van der Waals surface area (Å²) >= 11 is 0. The zero-order chi connectivity index (χ0) is 15.9. The largest absolute Gasteiger partial charge is 0.452 e. The predicted molar refractivity (Wildman–Crippen MR) is 78.7 cm³/mol. The van der Waals surface area contributed by atoms with E-state index in [0.29, 0.717) is 11.8 Å². The maximum Gasteiger partial charge on any atom is 0.321 e. The Morgan fingerprint density at radius 1 is 1.00 bits per heavy atom. The van der Waals surface area contributed by atoms with Gasteiger partial charge in [-0.25, -0.2) is 4.79 Å². The molecule has 0 saturated heterocycles. The van der Waals surface area contributed by atoms with Gasteiger partial charge in [0.15, 0.2) is 6.10 Å². The van der Waals surface area contributed by atoms with Gasteiger partial charge in [0.05, 0.1) is 5.92 Å². The zero-order valence-corrected chi connectivity index (χ0v) is 13.1. The highest BCUT2D eigenvalue weighted by molar-refractivity contribution is 5.97. The lowest BCUT2D eigenvalue weighted by Gasteiger charge is -2.53. The van der Waals surface area contributed by atoms with Crippen molar-refractivity contribution < 1.29 is 19.1 Å². The highest BCUT2D eigenvalue weighted by Gasteiger charge is 2.51. The van der Waals surface area contributed by atoms with Crippen molar-refractivity contribution in [2.75, 3.05) is 7.05 Å². The number of hydrogen-bond donors (Lipinski definition) is 2. The van der Waals surface area contributed by atoms with E-state index in [1.54, 1.807) is 0 Å². The number of imide groups is 1. The van der Waals surface area contributed by atoms with E-state index in [1.165, 1.54) is 20.4 Å². The third-order valence-corrected chi connectivity index (χ3v) is 5.62. The smallest absolute Gasteiger partial charge is 0.321 e. The molecule has 4 aliphatic carbocycles. The Morgan fingerprint density at radius 3 is 2.05 bits per heavy atom. The molecule has 0 aliphatic heterocycles. The molecule has 122 valence electrons. The fourth-order valence-corrected chi connectivity index (χ4v) is 4.89. The van der Waals surface area contributed by atoms with Crippen molar-refractivity contribution in [3.63, 3.8) is 0 Å². The minimum atomic E-state index is -0.943. The maximum atomic E-state index is 12.5. The molecule has 2 N–H and O–H groups in total. The third kappa shape index (κ3) is 2.83. The first-order valence-corrected chi connectivity index (χ1v) is 8.21. The van der Waals surface area contributed by atoms with Crippen LogP contribution in [0, 0.1) is 29.6 Å². The van der Waals surface area contributed by atoms with Gasteiger partial charge in [0.25, 0.3) is 5.91 Å². The van der Waals surface area contributed by atoms with Crippen LogP contribution in [0.3, 0.4) is 0 Å². The summed E-state index contributed by atoms with van der Waals surface area (Å²) < 4.78 is 5.35. The average Bonchev–Trinajstić information content (AvgIpc) is 2.45. The van der Waals surface area contributed by atoms with E-state index in [9.17, 15) is 14.4 Å². The molecule has 6 nitrogen and oxygen atoms in total. The molecular weight excluding hydrogens is 284 g/mol. The number of nitrogens with one attached hydrogen (secondary N) is 2. The van der Waals surface area contributed by atoms with Gasteiger partial charge in [-0.2, -0.15) is 0 Å². The minimum Gasteiger partial charge on any atom is -0.452 e. The third-order valence-electron chi connectivity index (χ3n) is 5.62. The number of rotatable bonds is 3. The molecule has 4 fully saturated rings. The molecule has 0 aromatic heterocycles. The molecule has 0 heterocycles. The Labute approximate surface area is 130 Å². The summed E-state index contributed by atoms with van der Waals surface area (Å²) in [6.07, 6.45) is 4.91. The van der Waals surface area contributed by atoms with Crippen LogP contribution in [0.15, 0.2) is 0 Å². The standard InChI is InChI=1S/C16H24N2O4/c1-8(14(19)18-16(21)17-2)22-15(20)13-11-4-9-3-10(6-11)7-12(13)5-9/h8-13H,3-7H2,1-2H3,(H2,17,18,19,21)/t8-,9?,10?,11?,12?,13?/m1/s1. The van der Waals surface area contributed by atoms with Crippen LogP contribution in [0.25, 0.3) is 0 Å². The number of urea groups is 1. The first-order chi connectivity index (χ1) is 10.5. The van der Waals surface area contributed by atoms with Gasteiger partial charge in [-0.15, -0.1) is 0 Å². The Balaban J connectivity index is 1.58. The van der Waals surface area contributed by atoms with Crippen molar-refractivity contribution >= 4 is 17.9 Å². The van der Waals surface area contributed by atoms with Crippen LogP contribution in [-0.4, -0.2) is 31.1 Å². The lowest BCUT2D eigenvalue weighted by Crippen LogP contribution is -2.50. The number of carbonyl (C=O) groups is 3. The van der Waals surface area contributed by atoms with Gasteiger partial charge < -0.3 is 10.1 Å². The highest BCUT2D eigenvalue weighted by Crippen LogP contribution is 2.56. The molecule has 0 unspecified atom stereocenters. The Morgan fingerprint density at radius 2 is 1.55 bits per heavy atom. The van der Waals surface area contributed by atoms with E-state index in [4.69, 9.17) is 4.74 Å². The molecule has 4 saturated carbocycles. The van der Waals surface area contributed by atoms with Crippen LogP contribution in [-0.2, 0) is 14.3 Å². The lowest BCUT2D eigenvalue weighted by atomic mass is 9.52. The second-order valence-corrected chi connectivity index (χ2v) is 7.10. The molecule has 0 aromatic carbocycles. The van der Waals surface area contributed by atoms with E-state index in [2.05, 4.69) is 10.6 Å². The minimum absolute atomic E-state index is 0.0527. The van der Waals surface area contributed by atoms with Crippen LogP contribution < -0.4 is 10.6 Å². The summed E-state index contributed by atoms with van der Waals surface area (Å²) in [6, 6.07) is -0.595. The van der Waals surface area contributed by atoms with Crippen molar-refractivity contribution in [2.45, 2.75) is 45.1 Å². The molecule has 0 aromatic rings. The van der Waals surface area contributed by atoms with Gasteiger partial charge in [-0.05, 0) is 62.7 Å². The van der Waals surface area contributed by atoms with Crippen molar-refractivity contribution in [1.29, 1.82) is 0 Å². The summed E-state index contributed by atoms with van der Waals surface area (Å²) in [4.78, 5) is 35.4. The van der Waals surface area contributed by atoms with E-state index >= 15 is 0 Å². The van der Waals surface area contributed by atoms with E-state index in [0.717, 1.165) is 37.5 Å². The van der Waals surface area contributed by atoms with Crippen molar-refractivity contribution in [1.82, 2.24) is 10.6 Å². The first kappa shape index (κ1) is 15.3. The molecule has 0 spiro atoms. The molecule has 4 rings (SSSR count). The molecular formula is C16H24N2O4. The summed E-state index contributed by atoms with van der Waals surface area (Å²) in [5.74, 6) is 1.55. The van der Waals surface area contributed by atoms with Crippen LogP contribution >= 0.6 is 0 Å². The maximum absolute atomic E-state index is 12.5. The number of carbonyl (C=O) groups excluding carboxylic acids is 3. The number of hydrogen-bond acceptors (Lipinski definition) is 4. The van der Waals surface area contributed by atoms with Gasteiger partial charge in [0, 0.05) is 7.05 Å². The summed E-state index contributed by atoms with van der Waals surface area (Å²) in [6.45, 7) is 1.51. The molecule has 4 bridgehead atoms. The SMILES string of the molecule is CNC(=O)NC(=O)[C@@H](C)OC(=O)C1C2CC3CC(C2)CC1C3. The molecule has 22 heavy (non-hydrogen) atoms. The number of amides is 3. The molecule has 6 heteroatoms. The Hall–Kier alpha value is -1.59. The van der Waals surface area contributed by atoms with Crippen molar-refractivity contribution in [2.24, 2.45) is 29.6 Å². The van der Waals surface area contributed by atoms with Gasteiger partial charge in [0.2, 0.25) is 0 Å². The van der Waals surface area contributed by atoms with Crippen LogP contribution in [0.5, 0.6) is 0 Å². The topological polar surface area (TPSA) is 84.5 Å². The van der Waals surface area contributed by atoms with Gasteiger partial charge in [-0.1, -0.05) is 0 Å². The second kappa shape index (κ2) is 5.89. The fourth-order valence-electron chi connectivity index (χ4n) is 4.89. The lowest BCUT2D eigenvalue weighted by molar-refractivity contribution is -0.170. The molecule has 1 atom stereocenters. The van der Waals surface area contributed by atoms with E-state index < -0.39 is 18.0 Å². The van der Waals surface area contributed by atoms with E-state index in [1.807, 2.05) is 0 Å². The van der Waals surface area contributed by atoms with Crippen molar-refractivity contribution in [3.05, 3.63) is 0 Å². The zero-order valence-electron chi connectivity index (χ0n) is 13.1. The summed E-state index contributed by atoms with van der Waals surface area (Å²) in [5, 5.41) is 4.43. The molecule has 4 aliphatic rings. The quantitative estimate of drug-likeness (QED) is 0.773. The fraction of sp³-hybridized carbons (Fsp3) is 0.812. The Bertz CT molecular complexity index is 463. The number of ether oxygens (including phenoxy) is 1. The average molecular weight is 308 g/mol. The monoisotopic (exact) mass is 308 g/mol. The normalized spacial score (nSPS) is 36.5. The Kier molecular flexibility index (Phi) is 4.10. The van der Waals surface area contributed by atoms with Crippen LogP contribution in [0.4, 0.5) is 4.79 Å². The van der Waals surface area contributed by atoms with Crippen molar-refractivity contribution in [3.8, 4) is 0 Å². The van der Waals surface area contributed by atoms with Crippen LogP contribution in [0.1, 0.15) is 39.0 Å². The first-order valence-electron chi connectivity index (χ1n) is 8.21. The highest BCUT2D eigenvalue weighted by atomic mass is 16.5. The van der Waals surface area contributed by atoms with Crippen LogP contribution in [0.2, 0.25) is 0 Å². The molecule has 0 radical (unpaired) electrons. The van der Waals surface area contributed by atoms with Gasteiger partial charge in [0.1, 0.15) is 0 Å². The van der Waals surface area contributed by atoms with E-state index in [-0.39, 0.29) is 11.9 Å². The summed E-state index contributed by atoms with van der Waals surface area (Å²) in [5.41, 5.74) is 0. The predicted octanol–water partition coefficient (Wildman–Crippen LogP) is 1.45.